The number of hydrogen-bond donors (Lipinski definition) is 0. The Bertz CT molecular complexity index is 1440. The minimum absolute atomic E-state index is 1.18. The van der Waals surface area contributed by atoms with Crippen LogP contribution in [-0.2, 0) is 0 Å². The van der Waals surface area contributed by atoms with Crippen molar-refractivity contribution >= 4 is 5.57 Å². The lowest BCUT2D eigenvalue weighted by Crippen LogP contribution is -1.95. The minimum Gasteiger partial charge on any atom is -0.0984 e. The molecule has 174 valence electrons. The van der Waals surface area contributed by atoms with Crippen LogP contribution in [0.1, 0.15) is 36.1 Å². The van der Waals surface area contributed by atoms with Crippen molar-refractivity contribution in [3.63, 3.8) is 0 Å². The van der Waals surface area contributed by atoms with Gasteiger partial charge in [0, 0.05) is 0 Å². The van der Waals surface area contributed by atoms with Gasteiger partial charge >= 0.3 is 0 Å². The van der Waals surface area contributed by atoms with Crippen molar-refractivity contribution in [1.29, 1.82) is 0 Å². The largest absolute Gasteiger partial charge is 0.0984 e. The van der Waals surface area contributed by atoms with Gasteiger partial charge in [0.2, 0.25) is 0 Å². The van der Waals surface area contributed by atoms with E-state index in [2.05, 4.69) is 138 Å². The summed E-state index contributed by atoms with van der Waals surface area (Å²) in [5, 5.41) is 0. The van der Waals surface area contributed by atoms with Crippen LogP contribution in [0.15, 0.2) is 115 Å². The summed E-state index contributed by atoms with van der Waals surface area (Å²) >= 11 is 0. The predicted octanol–water partition coefficient (Wildman–Crippen LogP) is 10.1. The molecule has 0 radical (unpaired) electrons. The SMILES string of the molecule is C=C/C(=C(C)\C=C/C)c1cccc(-c2cc(-c3cccc(-c4cccc(C)c4)c3)ccc2C)c1C. The van der Waals surface area contributed by atoms with Crippen LogP contribution in [0.4, 0.5) is 0 Å². The quantitative estimate of drug-likeness (QED) is 0.254. The van der Waals surface area contributed by atoms with Crippen molar-refractivity contribution < 1.29 is 0 Å². The summed E-state index contributed by atoms with van der Waals surface area (Å²) in [4.78, 5) is 0. The summed E-state index contributed by atoms with van der Waals surface area (Å²) in [6.07, 6.45) is 6.20. The molecule has 0 aliphatic rings. The predicted molar refractivity (Wildman–Crippen MR) is 155 cm³/mol. The van der Waals surface area contributed by atoms with Crippen LogP contribution in [-0.4, -0.2) is 0 Å². The van der Waals surface area contributed by atoms with Crippen LogP contribution in [0.2, 0.25) is 0 Å². The molecule has 0 nitrogen and oxygen atoms in total. The molecule has 0 aromatic heterocycles. The smallest absolute Gasteiger partial charge is 0.0146 e. The zero-order valence-corrected chi connectivity index (χ0v) is 21.5. The van der Waals surface area contributed by atoms with E-state index in [0.717, 1.165) is 0 Å². The van der Waals surface area contributed by atoms with E-state index in [9.17, 15) is 0 Å². The molecule has 0 saturated heterocycles. The monoisotopic (exact) mass is 454 g/mol. The maximum absolute atomic E-state index is 4.10. The van der Waals surface area contributed by atoms with Gasteiger partial charge in [0.05, 0.1) is 0 Å². The molecule has 4 aromatic rings. The molecule has 35 heavy (non-hydrogen) atoms. The molecule has 0 fully saturated rings. The highest BCUT2D eigenvalue weighted by atomic mass is 14.2. The first-order valence-electron chi connectivity index (χ1n) is 12.3. The van der Waals surface area contributed by atoms with Gasteiger partial charge in [-0.3, -0.25) is 0 Å². The molecule has 0 saturated carbocycles. The van der Waals surface area contributed by atoms with Crippen molar-refractivity contribution in [2.24, 2.45) is 0 Å². The lowest BCUT2D eigenvalue weighted by atomic mass is 9.87. The number of hydrogen-bond acceptors (Lipinski definition) is 0. The van der Waals surface area contributed by atoms with Crippen LogP contribution < -0.4 is 0 Å². The van der Waals surface area contributed by atoms with Crippen LogP contribution in [0.5, 0.6) is 0 Å². The van der Waals surface area contributed by atoms with Crippen LogP contribution in [0, 0.1) is 20.8 Å². The third-order valence-corrected chi connectivity index (χ3v) is 6.74. The molecule has 0 unspecified atom stereocenters. The summed E-state index contributed by atoms with van der Waals surface area (Å²) in [6.45, 7) is 14.9. The van der Waals surface area contributed by atoms with Gasteiger partial charge in [-0.15, -0.1) is 0 Å². The van der Waals surface area contributed by atoms with Gasteiger partial charge in [0.15, 0.2) is 0 Å². The Hall–Kier alpha value is -3.90. The standard InChI is InChI=1S/C35H34/c1-7-12-25(4)32(8-2)33-17-11-18-34(27(33)6)35-23-31(20-19-26(35)5)30-16-10-15-29(22-30)28-14-9-13-24(3)21-28/h7-23H,2H2,1,3-6H3/b12-7-,32-25+. The Morgan fingerprint density at radius 1 is 0.686 bits per heavy atom. The molecule has 0 bridgehead atoms. The topological polar surface area (TPSA) is 0 Å². The maximum atomic E-state index is 4.10. The fourth-order valence-electron chi connectivity index (χ4n) is 4.84. The van der Waals surface area contributed by atoms with E-state index in [1.165, 1.54) is 66.8 Å². The zero-order chi connectivity index (χ0) is 24.9. The molecule has 0 heteroatoms. The second-order valence-electron chi connectivity index (χ2n) is 9.26. The number of rotatable bonds is 6. The Morgan fingerprint density at radius 3 is 1.97 bits per heavy atom. The van der Waals surface area contributed by atoms with Crippen molar-refractivity contribution in [2.75, 3.05) is 0 Å². The van der Waals surface area contributed by atoms with Crippen LogP contribution >= 0.6 is 0 Å². The van der Waals surface area contributed by atoms with Crippen molar-refractivity contribution in [3.05, 3.63) is 138 Å². The highest BCUT2D eigenvalue weighted by molar-refractivity contribution is 5.86. The van der Waals surface area contributed by atoms with E-state index < -0.39 is 0 Å². The molecular weight excluding hydrogens is 420 g/mol. The van der Waals surface area contributed by atoms with Gasteiger partial charge in [-0.2, -0.15) is 0 Å². The Morgan fingerprint density at radius 2 is 1.31 bits per heavy atom. The highest BCUT2D eigenvalue weighted by Crippen LogP contribution is 2.36. The third-order valence-electron chi connectivity index (χ3n) is 6.74. The first-order chi connectivity index (χ1) is 16.9. The van der Waals surface area contributed by atoms with Gasteiger partial charge < -0.3 is 0 Å². The Labute approximate surface area is 211 Å². The Balaban J connectivity index is 1.82. The van der Waals surface area contributed by atoms with E-state index in [-0.39, 0.29) is 0 Å². The maximum Gasteiger partial charge on any atom is -0.0146 e. The van der Waals surface area contributed by atoms with E-state index in [0.29, 0.717) is 0 Å². The van der Waals surface area contributed by atoms with Crippen LogP contribution in [0.25, 0.3) is 39.0 Å². The van der Waals surface area contributed by atoms with Crippen molar-refractivity contribution in [1.82, 2.24) is 0 Å². The molecule has 0 aliphatic heterocycles. The Kier molecular flexibility index (Phi) is 7.32. The average Bonchev–Trinajstić information content (AvgIpc) is 2.86. The second-order valence-corrected chi connectivity index (χ2v) is 9.26. The minimum atomic E-state index is 1.18. The van der Waals surface area contributed by atoms with Gasteiger partial charge in [-0.1, -0.05) is 103 Å². The summed E-state index contributed by atoms with van der Waals surface area (Å²) in [5.74, 6) is 0. The van der Waals surface area contributed by atoms with E-state index in [1.807, 2.05) is 6.08 Å². The normalized spacial score (nSPS) is 12.0. The fraction of sp³-hybridized carbons (Fsp3) is 0.143. The second kappa shape index (κ2) is 10.6. The fourth-order valence-corrected chi connectivity index (χ4v) is 4.84. The van der Waals surface area contributed by atoms with E-state index in [1.54, 1.807) is 0 Å². The lowest BCUT2D eigenvalue weighted by Gasteiger charge is -2.17. The van der Waals surface area contributed by atoms with Crippen LogP contribution in [0.3, 0.4) is 0 Å². The first kappa shape index (κ1) is 24.2. The molecule has 0 atom stereocenters. The van der Waals surface area contributed by atoms with Gasteiger partial charge in [0.1, 0.15) is 0 Å². The summed E-state index contributed by atoms with van der Waals surface area (Å²) < 4.78 is 0. The number of allylic oxidation sites excluding steroid dienone is 5. The zero-order valence-electron chi connectivity index (χ0n) is 21.5. The molecule has 0 N–H and O–H groups in total. The third kappa shape index (κ3) is 5.12. The van der Waals surface area contributed by atoms with E-state index >= 15 is 0 Å². The summed E-state index contributed by atoms with van der Waals surface area (Å²) in [7, 11) is 0. The number of benzene rings is 4. The van der Waals surface area contributed by atoms with E-state index in [4.69, 9.17) is 0 Å². The molecule has 4 aromatic carbocycles. The van der Waals surface area contributed by atoms with Gasteiger partial charge in [-0.05, 0) is 108 Å². The molecule has 0 spiro atoms. The molecule has 4 rings (SSSR count). The first-order valence-corrected chi connectivity index (χ1v) is 12.3. The molecule has 0 aliphatic carbocycles. The summed E-state index contributed by atoms with van der Waals surface area (Å²) in [6, 6.07) is 31.0. The van der Waals surface area contributed by atoms with Gasteiger partial charge in [-0.25, -0.2) is 0 Å². The molecular formula is C35H34. The highest BCUT2D eigenvalue weighted by Gasteiger charge is 2.13. The molecule has 0 amide bonds. The van der Waals surface area contributed by atoms with Gasteiger partial charge in [0.25, 0.3) is 0 Å². The molecule has 0 heterocycles. The van der Waals surface area contributed by atoms with Crippen molar-refractivity contribution in [2.45, 2.75) is 34.6 Å². The van der Waals surface area contributed by atoms with Crippen molar-refractivity contribution in [3.8, 4) is 33.4 Å². The average molecular weight is 455 g/mol. The lowest BCUT2D eigenvalue weighted by molar-refractivity contribution is 1.37. The number of aryl methyl sites for hydroxylation is 2. The summed E-state index contributed by atoms with van der Waals surface area (Å²) in [5.41, 5.74) is 15.0.